The molecular formula is C24H30O5. The van der Waals surface area contributed by atoms with Crippen LogP contribution in [-0.4, -0.2) is 29.2 Å². The summed E-state index contributed by atoms with van der Waals surface area (Å²) in [6, 6.07) is 3.46. The zero-order valence-electron chi connectivity index (χ0n) is 17.0. The van der Waals surface area contributed by atoms with Crippen molar-refractivity contribution in [2.75, 3.05) is 0 Å². The highest BCUT2D eigenvalue weighted by Crippen LogP contribution is 2.77. The van der Waals surface area contributed by atoms with Crippen LogP contribution in [0, 0.1) is 28.6 Å². The van der Waals surface area contributed by atoms with E-state index < -0.39 is 0 Å². The van der Waals surface area contributed by atoms with Gasteiger partial charge in [-0.05, 0) is 86.7 Å². The summed E-state index contributed by atoms with van der Waals surface area (Å²) in [4.78, 5) is 24.0. The minimum atomic E-state index is -0.303. The molecule has 6 rings (SSSR count). The zero-order valence-corrected chi connectivity index (χ0v) is 17.0. The molecule has 1 aromatic rings. The molecule has 0 amide bonds. The molecule has 0 unspecified atom stereocenters. The maximum absolute atomic E-state index is 12.5. The van der Waals surface area contributed by atoms with E-state index in [1.165, 1.54) is 12.4 Å². The van der Waals surface area contributed by atoms with Gasteiger partial charge in [-0.3, -0.25) is 0 Å². The first kappa shape index (κ1) is 18.3. The van der Waals surface area contributed by atoms with Crippen LogP contribution in [0.2, 0.25) is 0 Å². The first-order chi connectivity index (χ1) is 13.9. The maximum Gasteiger partial charge on any atom is 0.335 e. The minimum absolute atomic E-state index is 0.0177. The number of aliphatic hydroxyl groups is 1. The lowest BCUT2D eigenvalue weighted by Gasteiger charge is -2.60. The lowest BCUT2D eigenvalue weighted by atomic mass is 9.44. The normalized spacial score (nSPS) is 52.6. The van der Waals surface area contributed by atoms with Crippen LogP contribution in [0.15, 0.2) is 27.6 Å². The first-order valence-corrected chi connectivity index (χ1v) is 11.4. The van der Waals surface area contributed by atoms with Gasteiger partial charge in [-0.1, -0.05) is 6.92 Å². The molecule has 9 atom stereocenters. The van der Waals surface area contributed by atoms with E-state index >= 15 is 0 Å². The Balaban J connectivity index is 1.37. The third-order valence-corrected chi connectivity index (χ3v) is 9.97. The van der Waals surface area contributed by atoms with Gasteiger partial charge in [-0.2, -0.15) is 0 Å². The molecule has 1 spiro atoms. The second kappa shape index (κ2) is 5.82. The van der Waals surface area contributed by atoms with E-state index in [4.69, 9.17) is 9.15 Å². The molecule has 4 aliphatic carbocycles. The summed E-state index contributed by atoms with van der Waals surface area (Å²) in [6.07, 6.45) is 10.5. The van der Waals surface area contributed by atoms with E-state index in [1.807, 2.05) is 6.07 Å². The Kier molecular flexibility index (Phi) is 3.68. The molecule has 156 valence electrons. The van der Waals surface area contributed by atoms with Gasteiger partial charge in [0.2, 0.25) is 0 Å². The summed E-state index contributed by atoms with van der Waals surface area (Å²) >= 11 is 0. The molecule has 0 radical (unpaired) electrons. The van der Waals surface area contributed by atoms with Crippen LogP contribution >= 0.6 is 0 Å². The standard InChI is InChI=1S/C24H30O5/c1-22-8-7-17-18(4-3-15-10-16(26)6-9-23(15,17)13-25)24(22)20(29-24)11-19(22)14-2-5-21(27)28-12-14/h2,5,12-13,15-20,26H,3-4,6-11H2,1H3/t15-,16+,17+,18-,19-,20-,22-,23-,24-/m1/s1. The fourth-order valence-corrected chi connectivity index (χ4v) is 8.66. The topological polar surface area (TPSA) is 80.0 Å². The predicted octanol–water partition coefficient (Wildman–Crippen LogP) is 3.44. The van der Waals surface area contributed by atoms with Crippen molar-refractivity contribution in [1.29, 1.82) is 0 Å². The highest BCUT2D eigenvalue weighted by atomic mass is 16.6. The Morgan fingerprint density at radius 1 is 1.10 bits per heavy atom. The fourth-order valence-electron chi connectivity index (χ4n) is 8.66. The summed E-state index contributed by atoms with van der Waals surface area (Å²) in [7, 11) is 0. The molecule has 1 N–H and O–H groups in total. The highest BCUT2D eigenvalue weighted by Gasteiger charge is 2.80. The minimum Gasteiger partial charge on any atom is -0.431 e. The average Bonchev–Trinajstić information content (AvgIpc) is 3.38. The van der Waals surface area contributed by atoms with Gasteiger partial charge in [-0.15, -0.1) is 0 Å². The molecule has 5 fully saturated rings. The Morgan fingerprint density at radius 2 is 1.97 bits per heavy atom. The highest BCUT2D eigenvalue weighted by molar-refractivity contribution is 5.62. The van der Waals surface area contributed by atoms with Crippen molar-refractivity contribution in [3.05, 3.63) is 34.4 Å². The van der Waals surface area contributed by atoms with Crippen LogP contribution in [0.3, 0.4) is 0 Å². The van der Waals surface area contributed by atoms with E-state index in [0.29, 0.717) is 23.7 Å². The Bertz CT molecular complexity index is 888. The van der Waals surface area contributed by atoms with Gasteiger partial charge in [0.1, 0.15) is 11.9 Å². The fraction of sp³-hybridized carbons (Fsp3) is 0.750. The van der Waals surface area contributed by atoms with E-state index in [2.05, 4.69) is 6.92 Å². The van der Waals surface area contributed by atoms with Crippen molar-refractivity contribution in [2.24, 2.45) is 28.6 Å². The third-order valence-electron chi connectivity index (χ3n) is 9.97. The maximum atomic E-state index is 12.5. The van der Waals surface area contributed by atoms with Crippen molar-refractivity contribution >= 4 is 6.29 Å². The Morgan fingerprint density at radius 3 is 2.72 bits per heavy atom. The summed E-state index contributed by atoms with van der Waals surface area (Å²) in [5.74, 6) is 1.45. The molecule has 1 saturated heterocycles. The predicted molar refractivity (Wildman–Crippen MR) is 105 cm³/mol. The number of rotatable bonds is 2. The van der Waals surface area contributed by atoms with Gasteiger partial charge < -0.3 is 19.1 Å². The van der Waals surface area contributed by atoms with Crippen LogP contribution in [0.25, 0.3) is 0 Å². The molecular weight excluding hydrogens is 368 g/mol. The SMILES string of the molecule is C[C@]12CC[C@H]3[C@@H](CC[C@@H]4C[C@@H](O)CC[C@@]43C=O)[C@]13O[C@@H]3C[C@@H]2c1ccc(=O)oc1. The number of carbonyl (C=O) groups is 1. The number of epoxide rings is 1. The number of hydrogen-bond donors (Lipinski definition) is 1. The number of fused-ring (bicyclic) bond motifs is 3. The molecule has 29 heavy (non-hydrogen) atoms. The summed E-state index contributed by atoms with van der Waals surface area (Å²) < 4.78 is 11.7. The summed E-state index contributed by atoms with van der Waals surface area (Å²) in [5, 5.41) is 10.2. The van der Waals surface area contributed by atoms with Crippen molar-refractivity contribution < 1.29 is 19.1 Å². The molecule has 4 saturated carbocycles. The number of hydrogen-bond acceptors (Lipinski definition) is 5. The largest absolute Gasteiger partial charge is 0.431 e. The Labute approximate surface area is 170 Å². The Hall–Kier alpha value is -1.46. The van der Waals surface area contributed by atoms with Crippen LogP contribution in [-0.2, 0) is 9.53 Å². The number of ether oxygens (including phenoxy) is 1. The molecule has 1 aromatic heterocycles. The van der Waals surface area contributed by atoms with Gasteiger partial charge in [-0.25, -0.2) is 4.79 Å². The lowest BCUT2D eigenvalue weighted by molar-refractivity contribution is -0.158. The zero-order chi connectivity index (χ0) is 20.0. The molecule has 5 nitrogen and oxygen atoms in total. The molecule has 5 heteroatoms. The van der Waals surface area contributed by atoms with Crippen LogP contribution < -0.4 is 5.63 Å². The second-order valence-corrected chi connectivity index (χ2v) is 10.7. The average molecular weight is 398 g/mol. The van der Waals surface area contributed by atoms with E-state index in [1.54, 1.807) is 6.26 Å². The van der Waals surface area contributed by atoms with Crippen molar-refractivity contribution in [3.63, 3.8) is 0 Å². The molecule has 0 bridgehead atoms. The van der Waals surface area contributed by atoms with Crippen LogP contribution in [0.4, 0.5) is 0 Å². The smallest absolute Gasteiger partial charge is 0.335 e. The molecule has 5 aliphatic rings. The van der Waals surface area contributed by atoms with Crippen LogP contribution in [0.1, 0.15) is 69.8 Å². The lowest BCUT2D eigenvalue weighted by Crippen LogP contribution is -2.59. The van der Waals surface area contributed by atoms with Gasteiger partial charge in [0, 0.05) is 16.9 Å². The van der Waals surface area contributed by atoms with Gasteiger partial charge in [0.25, 0.3) is 0 Å². The molecule has 1 aliphatic heterocycles. The quantitative estimate of drug-likeness (QED) is 0.610. The molecule has 2 heterocycles. The summed E-state index contributed by atoms with van der Waals surface area (Å²) in [5.41, 5.74) is 0.423. The van der Waals surface area contributed by atoms with Crippen LogP contribution in [0.5, 0.6) is 0 Å². The van der Waals surface area contributed by atoms with Crippen molar-refractivity contribution in [3.8, 4) is 0 Å². The van der Waals surface area contributed by atoms with E-state index in [9.17, 15) is 14.7 Å². The second-order valence-electron chi connectivity index (χ2n) is 10.7. The number of carbonyl (C=O) groups excluding carboxylic acids is 1. The van der Waals surface area contributed by atoms with E-state index in [-0.39, 0.29) is 34.3 Å². The van der Waals surface area contributed by atoms with Crippen molar-refractivity contribution in [2.45, 2.75) is 82.0 Å². The van der Waals surface area contributed by atoms with Gasteiger partial charge in [0.05, 0.1) is 18.5 Å². The van der Waals surface area contributed by atoms with Crippen molar-refractivity contribution in [1.82, 2.24) is 0 Å². The summed E-state index contributed by atoms with van der Waals surface area (Å²) in [6.45, 7) is 2.37. The first-order valence-electron chi connectivity index (χ1n) is 11.4. The number of aliphatic hydroxyl groups excluding tert-OH is 1. The van der Waals surface area contributed by atoms with Gasteiger partial charge in [0.15, 0.2) is 0 Å². The number of aldehydes is 1. The van der Waals surface area contributed by atoms with E-state index in [0.717, 1.165) is 56.9 Å². The molecule has 0 aromatic carbocycles. The third kappa shape index (κ3) is 2.13. The van der Waals surface area contributed by atoms with Gasteiger partial charge >= 0.3 is 5.63 Å². The monoisotopic (exact) mass is 398 g/mol.